The zero-order valence-electron chi connectivity index (χ0n) is 25.1. The zero-order chi connectivity index (χ0) is 32.6. The largest absolute Gasteiger partial charge is 0.507 e. The second kappa shape index (κ2) is 14.3. The Morgan fingerprint density at radius 2 is 1.74 bits per heavy atom. The molecule has 0 spiro atoms. The molecule has 5 N–H and O–H groups in total. The van der Waals surface area contributed by atoms with E-state index in [0.717, 1.165) is 24.0 Å². The summed E-state index contributed by atoms with van der Waals surface area (Å²) < 4.78 is 5.20. The molecule has 5 rings (SSSR count). The molecule has 46 heavy (non-hydrogen) atoms. The third kappa shape index (κ3) is 6.92. The number of carbonyl (C=O) groups excluding carboxylic acids is 1. The molecule has 1 aliphatic rings. The summed E-state index contributed by atoms with van der Waals surface area (Å²) in [5.41, 5.74) is 6.20. The number of rotatable bonds is 9. The lowest BCUT2D eigenvalue weighted by Gasteiger charge is -2.34. The topological polar surface area (TPSA) is 175 Å². The van der Waals surface area contributed by atoms with Crippen LogP contribution < -0.4 is 20.4 Å². The van der Waals surface area contributed by atoms with Crippen molar-refractivity contribution in [2.45, 2.75) is 25.4 Å². The highest BCUT2D eigenvalue weighted by molar-refractivity contribution is 5.91. The van der Waals surface area contributed by atoms with E-state index in [9.17, 15) is 25.5 Å². The molecule has 0 radical (unpaired) electrons. The van der Waals surface area contributed by atoms with E-state index < -0.39 is 5.91 Å². The number of nitrogens with one attached hydrogen (secondary N) is 2. The first kappa shape index (κ1) is 31.5. The highest BCUT2D eigenvalue weighted by Gasteiger charge is 2.26. The summed E-state index contributed by atoms with van der Waals surface area (Å²) in [5.74, 6) is -0.0162. The fraction of sp³-hybridized carbons (Fsp3) is 0.200. The summed E-state index contributed by atoms with van der Waals surface area (Å²) in [4.78, 5) is 18.0. The van der Waals surface area contributed by atoms with Crippen LogP contribution in [0.1, 0.15) is 35.1 Å². The van der Waals surface area contributed by atoms with E-state index in [1.54, 1.807) is 42.0 Å². The van der Waals surface area contributed by atoms with E-state index in [4.69, 9.17) is 14.9 Å². The van der Waals surface area contributed by atoms with Crippen LogP contribution in [0.4, 0.5) is 5.82 Å². The van der Waals surface area contributed by atoms with Crippen molar-refractivity contribution in [1.29, 1.82) is 10.5 Å². The number of pyridine rings is 1. The van der Waals surface area contributed by atoms with Gasteiger partial charge < -0.3 is 25.2 Å². The molecule has 1 aromatic heterocycles. The van der Waals surface area contributed by atoms with Crippen LogP contribution in [0.5, 0.6) is 17.2 Å². The van der Waals surface area contributed by atoms with Crippen LogP contribution in [-0.2, 0) is 11.3 Å². The molecule has 1 amide bonds. The van der Waals surface area contributed by atoms with Crippen LogP contribution in [-0.4, -0.2) is 52.6 Å². The number of nitriles is 2. The smallest absolute Gasteiger partial charge is 0.267 e. The molecule has 232 valence electrons. The second-order valence-corrected chi connectivity index (χ2v) is 10.8. The van der Waals surface area contributed by atoms with Crippen LogP contribution in [0, 0.1) is 22.7 Å². The molecule has 0 aliphatic carbocycles. The van der Waals surface area contributed by atoms with Gasteiger partial charge in [-0.05, 0) is 65.4 Å². The summed E-state index contributed by atoms with van der Waals surface area (Å²) in [6.45, 7) is 2.00. The van der Waals surface area contributed by atoms with E-state index in [1.165, 1.54) is 25.3 Å². The number of carbonyl (C=O) groups is 1. The molecule has 0 unspecified atom stereocenters. The lowest BCUT2D eigenvalue weighted by Crippen LogP contribution is -2.42. The molecule has 2 heterocycles. The van der Waals surface area contributed by atoms with Gasteiger partial charge >= 0.3 is 0 Å². The number of aromatic hydroxyl groups is 2. The molecule has 1 fully saturated rings. The Hall–Kier alpha value is -5.88. The first-order valence-electron chi connectivity index (χ1n) is 14.6. The third-order valence-corrected chi connectivity index (χ3v) is 7.97. The van der Waals surface area contributed by atoms with Crippen molar-refractivity contribution in [3.05, 3.63) is 95.2 Å². The van der Waals surface area contributed by atoms with Crippen LogP contribution in [0.25, 0.3) is 28.3 Å². The van der Waals surface area contributed by atoms with Crippen molar-refractivity contribution >= 4 is 17.8 Å². The number of nitrogens with zero attached hydrogens (tertiary/aromatic N) is 4. The van der Waals surface area contributed by atoms with Crippen molar-refractivity contribution in [2.75, 3.05) is 25.1 Å². The summed E-state index contributed by atoms with van der Waals surface area (Å²) in [7, 11) is 1.46. The minimum absolute atomic E-state index is 0.0642. The number of hydrogen-bond donors (Lipinski definition) is 5. The number of hydroxylamine groups is 1. The van der Waals surface area contributed by atoms with Gasteiger partial charge in [-0.15, -0.1) is 0 Å². The minimum atomic E-state index is -0.590. The number of phenolic OH excluding ortho intramolecular Hbond substituents is 2. The van der Waals surface area contributed by atoms with Gasteiger partial charge in [0.15, 0.2) is 11.5 Å². The number of amides is 1. The summed E-state index contributed by atoms with van der Waals surface area (Å²) in [6.07, 6.45) is 6.18. The lowest BCUT2D eigenvalue weighted by molar-refractivity contribution is -0.124. The van der Waals surface area contributed by atoms with Gasteiger partial charge in [0.2, 0.25) is 0 Å². The number of benzene rings is 3. The Bertz CT molecular complexity index is 1850. The van der Waals surface area contributed by atoms with Gasteiger partial charge in [0, 0.05) is 49.1 Å². The van der Waals surface area contributed by atoms with Gasteiger partial charge in [0.25, 0.3) is 5.91 Å². The van der Waals surface area contributed by atoms with Gasteiger partial charge in [-0.3, -0.25) is 10.0 Å². The molecule has 1 aliphatic heterocycles. The summed E-state index contributed by atoms with van der Waals surface area (Å²) in [5, 5.41) is 53.0. The van der Waals surface area contributed by atoms with Crippen LogP contribution in [0.3, 0.4) is 0 Å². The summed E-state index contributed by atoms with van der Waals surface area (Å²) >= 11 is 0. The molecule has 0 bridgehead atoms. The van der Waals surface area contributed by atoms with Crippen molar-refractivity contribution < 1.29 is 25.0 Å². The average Bonchev–Trinajstić information content (AvgIpc) is 3.09. The first-order valence-corrected chi connectivity index (χ1v) is 14.6. The predicted molar refractivity (Wildman–Crippen MR) is 172 cm³/mol. The number of phenols is 2. The van der Waals surface area contributed by atoms with Crippen molar-refractivity contribution in [3.8, 4) is 51.6 Å². The fourth-order valence-electron chi connectivity index (χ4n) is 5.52. The number of piperidine rings is 1. The van der Waals surface area contributed by atoms with Gasteiger partial charge in [-0.25, -0.2) is 10.5 Å². The van der Waals surface area contributed by atoms with Crippen LogP contribution >= 0.6 is 0 Å². The monoisotopic (exact) mass is 616 g/mol. The number of ether oxygens (including phenoxy) is 1. The van der Waals surface area contributed by atoms with Gasteiger partial charge in [-0.1, -0.05) is 36.4 Å². The maximum Gasteiger partial charge on any atom is 0.267 e. The Kier molecular flexibility index (Phi) is 9.78. The zero-order valence-corrected chi connectivity index (χ0v) is 25.1. The Morgan fingerprint density at radius 3 is 2.37 bits per heavy atom. The van der Waals surface area contributed by atoms with E-state index in [-0.39, 0.29) is 23.1 Å². The molecular weight excluding hydrogens is 584 g/mol. The van der Waals surface area contributed by atoms with Gasteiger partial charge in [0.05, 0.1) is 12.7 Å². The quantitative estimate of drug-likeness (QED) is 0.0993. The van der Waals surface area contributed by atoms with Crippen molar-refractivity contribution in [2.24, 2.45) is 0 Å². The second-order valence-electron chi connectivity index (χ2n) is 10.8. The maximum atomic E-state index is 11.2. The van der Waals surface area contributed by atoms with Crippen LogP contribution in [0.15, 0.2) is 72.9 Å². The first-order chi connectivity index (χ1) is 22.3. The maximum absolute atomic E-state index is 11.2. The molecule has 4 aromatic rings. The molecule has 0 saturated carbocycles. The average molecular weight is 617 g/mol. The van der Waals surface area contributed by atoms with Gasteiger partial charge in [-0.2, -0.15) is 10.5 Å². The Balaban J connectivity index is 1.36. The van der Waals surface area contributed by atoms with Crippen molar-refractivity contribution in [3.63, 3.8) is 0 Å². The highest BCUT2D eigenvalue weighted by atomic mass is 16.5. The van der Waals surface area contributed by atoms with Crippen LogP contribution in [0.2, 0.25) is 0 Å². The SMILES string of the molecule is COc1ccc(-c2cnc(N3CCC(NCc4ccc(/C=C/C(=O)NO)cc4)CC3)c(C#N)c2-c2ccc(C#N)c(O)c2)cc1O. The number of methoxy groups -OCH3 is 1. The molecule has 0 atom stereocenters. The van der Waals surface area contributed by atoms with E-state index in [1.807, 2.05) is 30.3 Å². The molecule has 1 saturated heterocycles. The number of anilines is 1. The Morgan fingerprint density at radius 1 is 1.02 bits per heavy atom. The van der Waals surface area contributed by atoms with E-state index >= 15 is 0 Å². The molecule has 3 aromatic carbocycles. The normalized spacial score (nSPS) is 13.3. The number of aromatic nitrogens is 1. The highest BCUT2D eigenvalue weighted by Crippen LogP contribution is 2.42. The lowest BCUT2D eigenvalue weighted by atomic mass is 9.91. The summed E-state index contributed by atoms with van der Waals surface area (Å²) in [6, 6.07) is 21.9. The third-order valence-electron chi connectivity index (χ3n) is 7.97. The standard InChI is InChI=1S/C35H32N6O5/c1-46-32-10-9-24(16-31(32)43)29-21-39-35(28(19-37)34(29)25-7-8-26(18-36)30(42)17-25)41-14-12-27(13-15-41)38-20-23-4-2-22(3-5-23)6-11-33(44)40-45/h2-11,16-17,21,27,38,42-43,45H,12-15,20H2,1H3,(H,40,44)/b11-6+. The van der Waals surface area contributed by atoms with E-state index in [2.05, 4.69) is 16.3 Å². The predicted octanol–water partition coefficient (Wildman–Crippen LogP) is 4.86. The molecule has 11 nitrogen and oxygen atoms in total. The molecular formula is C35H32N6O5. The Labute approximate surface area is 266 Å². The van der Waals surface area contributed by atoms with E-state index in [0.29, 0.717) is 59.0 Å². The number of hydrogen-bond acceptors (Lipinski definition) is 10. The van der Waals surface area contributed by atoms with Crippen molar-refractivity contribution in [1.82, 2.24) is 15.8 Å². The fourth-order valence-corrected chi connectivity index (χ4v) is 5.52. The molecule has 11 heteroatoms. The van der Waals surface area contributed by atoms with Gasteiger partial charge in [0.1, 0.15) is 29.3 Å². The minimum Gasteiger partial charge on any atom is -0.507 e.